The number of ether oxygens (including phenoxy) is 1. The standard InChI is InChI=1S/C12H15NO3/c14-10-8-13(9-10)12(15)6-7-16-11-4-2-1-3-5-11/h1-5,10,14H,6-9H2. The topological polar surface area (TPSA) is 49.8 Å². The summed E-state index contributed by atoms with van der Waals surface area (Å²) in [4.78, 5) is 13.1. The van der Waals surface area contributed by atoms with Gasteiger partial charge in [-0.3, -0.25) is 4.79 Å². The third kappa shape index (κ3) is 2.73. The van der Waals surface area contributed by atoms with Crippen LogP contribution in [0.4, 0.5) is 0 Å². The van der Waals surface area contributed by atoms with Gasteiger partial charge in [-0.1, -0.05) is 18.2 Å². The predicted molar refractivity (Wildman–Crippen MR) is 59.1 cm³/mol. The molecule has 1 fully saturated rings. The van der Waals surface area contributed by atoms with Crippen LogP contribution in [0.3, 0.4) is 0 Å². The van der Waals surface area contributed by atoms with Gasteiger partial charge in [-0.05, 0) is 12.1 Å². The highest BCUT2D eigenvalue weighted by molar-refractivity contribution is 5.77. The van der Waals surface area contributed by atoms with Crippen LogP contribution in [0.2, 0.25) is 0 Å². The summed E-state index contributed by atoms with van der Waals surface area (Å²) in [5.41, 5.74) is 0. The van der Waals surface area contributed by atoms with Gasteiger partial charge in [0.05, 0.1) is 19.1 Å². The van der Waals surface area contributed by atoms with Crippen LogP contribution in [-0.2, 0) is 4.79 Å². The fourth-order valence-electron chi connectivity index (χ4n) is 1.59. The highest BCUT2D eigenvalue weighted by atomic mass is 16.5. The summed E-state index contributed by atoms with van der Waals surface area (Å²) in [5.74, 6) is 0.820. The number of aliphatic hydroxyl groups is 1. The van der Waals surface area contributed by atoms with Crippen LogP contribution in [0.5, 0.6) is 5.75 Å². The Morgan fingerprint density at radius 3 is 2.69 bits per heavy atom. The third-order valence-corrected chi connectivity index (χ3v) is 2.54. The summed E-state index contributed by atoms with van der Waals surface area (Å²) in [5, 5.41) is 9.05. The van der Waals surface area contributed by atoms with E-state index in [4.69, 9.17) is 9.84 Å². The van der Waals surface area contributed by atoms with Crippen molar-refractivity contribution in [2.45, 2.75) is 12.5 Å². The van der Waals surface area contributed by atoms with Gasteiger partial charge in [-0.15, -0.1) is 0 Å². The highest BCUT2D eigenvalue weighted by Gasteiger charge is 2.28. The number of amides is 1. The Balaban J connectivity index is 1.67. The predicted octanol–water partition coefficient (Wildman–Crippen LogP) is 0.659. The molecule has 0 aliphatic carbocycles. The quantitative estimate of drug-likeness (QED) is 0.812. The molecule has 1 aromatic carbocycles. The SMILES string of the molecule is O=C(CCOc1ccccc1)N1CC(O)C1. The lowest BCUT2D eigenvalue weighted by molar-refractivity contribution is -0.141. The molecule has 1 aromatic rings. The van der Waals surface area contributed by atoms with E-state index in [9.17, 15) is 4.79 Å². The molecule has 1 aliphatic heterocycles. The fraction of sp³-hybridized carbons (Fsp3) is 0.417. The van der Waals surface area contributed by atoms with Crippen molar-refractivity contribution >= 4 is 5.91 Å². The second-order valence-corrected chi connectivity index (χ2v) is 3.86. The molecule has 2 rings (SSSR count). The number of para-hydroxylation sites is 1. The Bertz CT molecular complexity index is 347. The lowest BCUT2D eigenvalue weighted by Gasteiger charge is -2.35. The molecule has 16 heavy (non-hydrogen) atoms. The summed E-state index contributed by atoms with van der Waals surface area (Å²) in [6.45, 7) is 1.31. The molecule has 0 bridgehead atoms. The number of carbonyl (C=O) groups excluding carboxylic acids is 1. The number of rotatable bonds is 4. The maximum atomic E-state index is 11.5. The van der Waals surface area contributed by atoms with E-state index in [-0.39, 0.29) is 12.0 Å². The number of hydrogen-bond acceptors (Lipinski definition) is 3. The zero-order valence-electron chi connectivity index (χ0n) is 9.00. The Morgan fingerprint density at radius 1 is 1.38 bits per heavy atom. The zero-order chi connectivity index (χ0) is 11.4. The van der Waals surface area contributed by atoms with E-state index in [0.717, 1.165) is 5.75 Å². The van der Waals surface area contributed by atoms with Crippen molar-refractivity contribution in [2.75, 3.05) is 19.7 Å². The molecule has 1 aliphatic rings. The maximum Gasteiger partial charge on any atom is 0.226 e. The van der Waals surface area contributed by atoms with Gasteiger partial charge >= 0.3 is 0 Å². The number of aliphatic hydroxyl groups excluding tert-OH is 1. The molecule has 0 atom stereocenters. The molecule has 4 heteroatoms. The van der Waals surface area contributed by atoms with Gasteiger partial charge in [-0.2, -0.15) is 0 Å². The van der Waals surface area contributed by atoms with Crippen molar-refractivity contribution < 1.29 is 14.6 Å². The van der Waals surface area contributed by atoms with Crippen LogP contribution >= 0.6 is 0 Å². The normalized spacial score (nSPS) is 15.7. The Kier molecular flexibility index (Phi) is 3.41. The van der Waals surface area contributed by atoms with Gasteiger partial charge < -0.3 is 14.7 Å². The van der Waals surface area contributed by atoms with E-state index < -0.39 is 0 Å². The molecule has 4 nitrogen and oxygen atoms in total. The van der Waals surface area contributed by atoms with Gasteiger partial charge in [0.15, 0.2) is 0 Å². The first-order valence-electron chi connectivity index (χ1n) is 5.39. The molecule has 0 saturated carbocycles. The summed E-state index contributed by atoms with van der Waals surface area (Å²) in [7, 11) is 0. The smallest absolute Gasteiger partial charge is 0.226 e. The Morgan fingerprint density at radius 2 is 2.06 bits per heavy atom. The minimum atomic E-state index is -0.334. The molecular weight excluding hydrogens is 206 g/mol. The molecule has 0 spiro atoms. The molecule has 1 saturated heterocycles. The summed E-state index contributed by atoms with van der Waals surface area (Å²) < 4.78 is 5.41. The Labute approximate surface area is 94.4 Å². The number of benzene rings is 1. The van der Waals surface area contributed by atoms with Crippen LogP contribution in [-0.4, -0.2) is 41.7 Å². The minimum absolute atomic E-state index is 0.0428. The number of β-amino-alcohol motifs (C(OH)–C–C–N with tert-alkyl or cyclic N) is 1. The van der Waals surface area contributed by atoms with E-state index >= 15 is 0 Å². The largest absolute Gasteiger partial charge is 0.493 e. The lowest BCUT2D eigenvalue weighted by atomic mass is 10.1. The Hall–Kier alpha value is -1.55. The minimum Gasteiger partial charge on any atom is -0.493 e. The van der Waals surface area contributed by atoms with Crippen molar-refractivity contribution in [3.05, 3.63) is 30.3 Å². The van der Waals surface area contributed by atoms with Crippen molar-refractivity contribution in [3.8, 4) is 5.75 Å². The summed E-state index contributed by atoms with van der Waals surface area (Å²) in [6, 6.07) is 9.42. The van der Waals surface area contributed by atoms with E-state index in [1.165, 1.54) is 0 Å². The van der Waals surface area contributed by atoms with Gasteiger partial charge in [0.1, 0.15) is 5.75 Å². The highest BCUT2D eigenvalue weighted by Crippen LogP contribution is 2.11. The summed E-state index contributed by atoms with van der Waals surface area (Å²) in [6.07, 6.45) is 0.0284. The van der Waals surface area contributed by atoms with Crippen LogP contribution in [0.1, 0.15) is 6.42 Å². The second kappa shape index (κ2) is 4.99. The average Bonchev–Trinajstić information content (AvgIpc) is 2.26. The van der Waals surface area contributed by atoms with E-state index in [2.05, 4.69) is 0 Å². The van der Waals surface area contributed by atoms with Crippen molar-refractivity contribution in [2.24, 2.45) is 0 Å². The number of likely N-dealkylation sites (tertiary alicyclic amines) is 1. The van der Waals surface area contributed by atoms with Crippen molar-refractivity contribution in [1.82, 2.24) is 4.90 Å². The van der Waals surface area contributed by atoms with Crippen LogP contribution in [0, 0.1) is 0 Å². The zero-order valence-corrected chi connectivity index (χ0v) is 9.00. The van der Waals surface area contributed by atoms with Gasteiger partial charge in [0.25, 0.3) is 0 Å². The number of hydrogen-bond donors (Lipinski definition) is 1. The second-order valence-electron chi connectivity index (χ2n) is 3.86. The van der Waals surface area contributed by atoms with E-state index in [1.54, 1.807) is 4.90 Å². The van der Waals surface area contributed by atoms with Gasteiger partial charge in [0.2, 0.25) is 5.91 Å². The number of carbonyl (C=O) groups is 1. The molecular formula is C12H15NO3. The molecule has 0 radical (unpaired) electrons. The van der Waals surface area contributed by atoms with Crippen LogP contribution in [0.25, 0.3) is 0 Å². The molecule has 1 heterocycles. The molecule has 0 aromatic heterocycles. The monoisotopic (exact) mass is 221 g/mol. The van der Waals surface area contributed by atoms with Gasteiger partial charge in [0, 0.05) is 13.1 Å². The molecule has 86 valence electrons. The van der Waals surface area contributed by atoms with Crippen molar-refractivity contribution in [3.63, 3.8) is 0 Å². The fourth-order valence-corrected chi connectivity index (χ4v) is 1.59. The summed E-state index contributed by atoms with van der Waals surface area (Å²) >= 11 is 0. The van der Waals surface area contributed by atoms with Crippen molar-refractivity contribution in [1.29, 1.82) is 0 Å². The lowest BCUT2D eigenvalue weighted by Crippen LogP contribution is -2.53. The van der Waals surface area contributed by atoms with E-state index in [0.29, 0.717) is 26.1 Å². The van der Waals surface area contributed by atoms with E-state index in [1.807, 2.05) is 30.3 Å². The molecule has 1 N–H and O–H groups in total. The first-order chi connectivity index (χ1) is 7.75. The van der Waals surface area contributed by atoms with Gasteiger partial charge in [-0.25, -0.2) is 0 Å². The maximum absolute atomic E-state index is 11.5. The first-order valence-corrected chi connectivity index (χ1v) is 5.39. The third-order valence-electron chi connectivity index (χ3n) is 2.54. The number of nitrogens with zero attached hydrogens (tertiary/aromatic N) is 1. The first kappa shape index (κ1) is 11.0. The average molecular weight is 221 g/mol. The van der Waals surface area contributed by atoms with Crippen LogP contribution < -0.4 is 4.74 Å². The van der Waals surface area contributed by atoms with Crippen LogP contribution in [0.15, 0.2) is 30.3 Å². The molecule has 0 unspecified atom stereocenters. The molecule has 1 amide bonds.